The fourth-order valence-corrected chi connectivity index (χ4v) is 4.37. The molecule has 0 saturated carbocycles. The monoisotopic (exact) mass is 367 g/mol. The summed E-state index contributed by atoms with van der Waals surface area (Å²) in [5, 5.41) is 10.5. The van der Waals surface area contributed by atoms with E-state index in [0.717, 1.165) is 13.1 Å². The second kappa shape index (κ2) is 10.0. The standard InChI is InChI=1S/C24H33NO2/c1-19-13-20(2)15-25(14-19)16-23(26)17-27-18-24(21-9-5-3-6-10-21)22-11-7-4-8-12-22/h3-12,19-20,23-24,26H,13-18H2,1-2H3/t19-,20-,23-/m1/s1. The van der Waals surface area contributed by atoms with Crippen LogP contribution in [0.5, 0.6) is 0 Å². The molecule has 3 nitrogen and oxygen atoms in total. The molecule has 2 aromatic carbocycles. The van der Waals surface area contributed by atoms with Gasteiger partial charge in [-0.25, -0.2) is 0 Å². The van der Waals surface area contributed by atoms with Gasteiger partial charge in [-0.05, 0) is 29.4 Å². The summed E-state index contributed by atoms with van der Waals surface area (Å²) in [5.41, 5.74) is 2.49. The van der Waals surface area contributed by atoms with Crippen LogP contribution in [0.3, 0.4) is 0 Å². The van der Waals surface area contributed by atoms with Gasteiger partial charge in [-0.2, -0.15) is 0 Å². The maximum absolute atomic E-state index is 10.5. The van der Waals surface area contributed by atoms with Crippen molar-refractivity contribution in [3.63, 3.8) is 0 Å². The summed E-state index contributed by atoms with van der Waals surface area (Å²) in [4.78, 5) is 2.39. The van der Waals surface area contributed by atoms with Crippen LogP contribution in [0.1, 0.15) is 37.3 Å². The van der Waals surface area contributed by atoms with E-state index < -0.39 is 6.10 Å². The summed E-state index contributed by atoms with van der Waals surface area (Å²) in [5.74, 6) is 1.61. The van der Waals surface area contributed by atoms with Crippen LogP contribution in [0, 0.1) is 11.8 Å². The summed E-state index contributed by atoms with van der Waals surface area (Å²) in [6.07, 6.45) is 0.855. The predicted molar refractivity (Wildman–Crippen MR) is 111 cm³/mol. The molecule has 0 amide bonds. The lowest BCUT2D eigenvalue weighted by atomic mass is 9.92. The van der Waals surface area contributed by atoms with Gasteiger partial charge in [0, 0.05) is 25.6 Å². The second-order valence-corrected chi connectivity index (χ2v) is 8.23. The van der Waals surface area contributed by atoms with Crippen molar-refractivity contribution in [2.75, 3.05) is 32.8 Å². The van der Waals surface area contributed by atoms with Crippen molar-refractivity contribution in [3.8, 4) is 0 Å². The number of β-amino-alcohol motifs (C(OH)–C–C–N with tert-alkyl or cyclic N) is 1. The first kappa shape index (κ1) is 20.1. The van der Waals surface area contributed by atoms with E-state index in [-0.39, 0.29) is 5.92 Å². The molecular formula is C24H33NO2. The molecule has 0 bridgehead atoms. The Hall–Kier alpha value is -1.68. The van der Waals surface area contributed by atoms with Crippen LogP contribution in [0.2, 0.25) is 0 Å². The molecule has 0 aromatic heterocycles. The van der Waals surface area contributed by atoms with Crippen molar-refractivity contribution in [2.24, 2.45) is 11.8 Å². The van der Waals surface area contributed by atoms with E-state index >= 15 is 0 Å². The molecule has 0 aliphatic carbocycles. The topological polar surface area (TPSA) is 32.7 Å². The van der Waals surface area contributed by atoms with Crippen molar-refractivity contribution < 1.29 is 9.84 Å². The quantitative estimate of drug-likeness (QED) is 0.760. The minimum atomic E-state index is -0.435. The van der Waals surface area contributed by atoms with Gasteiger partial charge in [-0.15, -0.1) is 0 Å². The van der Waals surface area contributed by atoms with Crippen LogP contribution in [-0.2, 0) is 4.74 Å². The van der Waals surface area contributed by atoms with Gasteiger partial charge in [0.15, 0.2) is 0 Å². The maximum Gasteiger partial charge on any atom is 0.0900 e. The van der Waals surface area contributed by atoms with E-state index in [1.807, 2.05) is 12.1 Å². The highest BCUT2D eigenvalue weighted by molar-refractivity contribution is 5.32. The summed E-state index contributed by atoms with van der Waals surface area (Å²) in [6, 6.07) is 20.9. The van der Waals surface area contributed by atoms with Crippen LogP contribution in [-0.4, -0.2) is 49.0 Å². The fourth-order valence-electron chi connectivity index (χ4n) is 4.37. The summed E-state index contributed by atoms with van der Waals surface area (Å²) in [7, 11) is 0. The van der Waals surface area contributed by atoms with E-state index in [1.54, 1.807) is 0 Å². The zero-order chi connectivity index (χ0) is 19.1. The number of hydrogen-bond acceptors (Lipinski definition) is 3. The van der Waals surface area contributed by atoms with E-state index in [9.17, 15) is 5.11 Å². The van der Waals surface area contributed by atoms with E-state index in [4.69, 9.17) is 4.74 Å². The molecule has 146 valence electrons. The number of likely N-dealkylation sites (tertiary alicyclic amines) is 1. The van der Waals surface area contributed by atoms with Gasteiger partial charge in [-0.3, -0.25) is 0 Å². The SMILES string of the molecule is C[C@@H]1C[C@@H](C)CN(C[C@@H](O)COCC(c2ccccc2)c2ccccc2)C1. The first-order valence-electron chi connectivity index (χ1n) is 10.2. The minimum absolute atomic E-state index is 0.189. The first-order chi connectivity index (χ1) is 13.1. The second-order valence-electron chi connectivity index (χ2n) is 8.23. The Labute approximate surface area is 164 Å². The Kier molecular flexibility index (Phi) is 7.45. The van der Waals surface area contributed by atoms with Crippen molar-refractivity contribution in [1.82, 2.24) is 4.90 Å². The molecule has 3 heteroatoms. The third-order valence-corrected chi connectivity index (χ3v) is 5.41. The van der Waals surface area contributed by atoms with Crippen LogP contribution < -0.4 is 0 Å². The van der Waals surface area contributed by atoms with Crippen molar-refractivity contribution >= 4 is 0 Å². The minimum Gasteiger partial charge on any atom is -0.389 e. The molecule has 1 aliphatic rings. The Balaban J connectivity index is 1.53. The number of benzene rings is 2. The summed E-state index contributed by atoms with van der Waals surface area (Å²) < 4.78 is 5.98. The number of nitrogens with zero attached hydrogens (tertiary/aromatic N) is 1. The lowest BCUT2D eigenvalue weighted by molar-refractivity contribution is 0.00289. The summed E-state index contributed by atoms with van der Waals surface area (Å²) in [6.45, 7) is 8.44. The Morgan fingerprint density at radius 1 is 0.889 bits per heavy atom. The summed E-state index contributed by atoms with van der Waals surface area (Å²) >= 11 is 0. The number of aliphatic hydroxyl groups excluding tert-OH is 1. The highest BCUT2D eigenvalue weighted by atomic mass is 16.5. The fraction of sp³-hybridized carbons (Fsp3) is 0.500. The van der Waals surface area contributed by atoms with E-state index in [1.165, 1.54) is 17.5 Å². The molecule has 0 radical (unpaired) electrons. The highest BCUT2D eigenvalue weighted by Crippen LogP contribution is 2.25. The zero-order valence-electron chi connectivity index (χ0n) is 16.6. The molecule has 1 saturated heterocycles. The molecule has 27 heavy (non-hydrogen) atoms. The van der Waals surface area contributed by atoms with Crippen LogP contribution in [0.4, 0.5) is 0 Å². The lowest BCUT2D eigenvalue weighted by Gasteiger charge is -2.36. The molecule has 0 spiro atoms. The number of piperidine rings is 1. The number of rotatable bonds is 8. The molecule has 1 fully saturated rings. The van der Waals surface area contributed by atoms with Gasteiger partial charge in [0.25, 0.3) is 0 Å². The van der Waals surface area contributed by atoms with Crippen LogP contribution in [0.25, 0.3) is 0 Å². The first-order valence-corrected chi connectivity index (χ1v) is 10.2. The van der Waals surface area contributed by atoms with Crippen LogP contribution >= 0.6 is 0 Å². The molecule has 1 N–H and O–H groups in total. The molecule has 1 heterocycles. The Morgan fingerprint density at radius 3 is 1.93 bits per heavy atom. The molecule has 0 unspecified atom stereocenters. The average molecular weight is 368 g/mol. The average Bonchev–Trinajstić information content (AvgIpc) is 2.66. The van der Waals surface area contributed by atoms with Crippen LogP contribution in [0.15, 0.2) is 60.7 Å². The molecule has 3 rings (SSSR count). The number of aliphatic hydroxyl groups is 1. The Bertz CT molecular complexity index is 611. The molecule has 2 aromatic rings. The Morgan fingerprint density at radius 2 is 1.41 bits per heavy atom. The molecular weight excluding hydrogens is 334 g/mol. The zero-order valence-corrected chi connectivity index (χ0v) is 16.6. The van der Waals surface area contributed by atoms with Gasteiger partial charge in [0.05, 0.1) is 19.3 Å². The van der Waals surface area contributed by atoms with Crippen molar-refractivity contribution in [3.05, 3.63) is 71.8 Å². The predicted octanol–water partition coefficient (Wildman–Crippen LogP) is 4.17. The molecule has 3 atom stereocenters. The van der Waals surface area contributed by atoms with Crippen molar-refractivity contribution in [1.29, 1.82) is 0 Å². The van der Waals surface area contributed by atoms with Gasteiger partial charge >= 0.3 is 0 Å². The lowest BCUT2D eigenvalue weighted by Crippen LogP contribution is -2.43. The molecule has 1 aliphatic heterocycles. The number of ether oxygens (including phenoxy) is 1. The van der Waals surface area contributed by atoms with Crippen molar-refractivity contribution in [2.45, 2.75) is 32.3 Å². The third-order valence-electron chi connectivity index (χ3n) is 5.41. The normalized spacial score (nSPS) is 22.1. The van der Waals surface area contributed by atoms with Gasteiger partial charge in [-0.1, -0.05) is 74.5 Å². The smallest absolute Gasteiger partial charge is 0.0900 e. The van der Waals surface area contributed by atoms with Gasteiger partial charge < -0.3 is 14.7 Å². The van der Waals surface area contributed by atoms with E-state index in [0.29, 0.717) is 31.6 Å². The van der Waals surface area contributed by atoms with Gasteiger partial charge in [0.2, 0.25) is 0 Å². The number of hydrogen-bond donors (Lipinski definition) is 1. The van der Waals surface area contributed by atoms with Gasteiger partial charge in [0.1, 0.15) is 0 Å². The maximum atomic E-state index is 10.5. The largest absolute Gasteiger partial charge is 0.389 e. The highest BCUT2D eigenvalue weighted by Gasteiger charge is 2.23. The third kappa shape index (κ3) is 6.17. The van der Waals surface area contributed by atoms with E-state index in [2.05, 4.69) is 67.3 Å².